The first-order chi connectivity index (χ1) is 23.5. The molecule has 1 aromatic rings. The summed E-state index contributed by atoms with van der Waals surface area (Å²) >= 11 is 0. The van der Waals surface area contributed by atoms with E-state index in [1.165, 1.54) is 0 Å². The smallest absolute Gasteiger partial charge is 0.308 e. The molecule has 16 heteroatoms. The number of aliphatic carboxylic acids is 1. The van der Waals surface area contributed by atoms with E-state index in [-0.39, 0.29) is 62.7 Å². The van der Waals surface area contributed by atoms with Crippen molar-refractivity contribution in [3.8, 4) is 0 Å². The Morgan fingerprint density at radius 3 is 1.88 bits per heavy atom. The summed E-state index contributed by atoms with van der Waals surface area (Å²) in [6.07, 6.45) is -0.603. The van der Waals surface area contributed by atoms with E-state index in [0.717, 1.165) is 5.56 Å². The van der Waals surface area contributed by atoms with Gasteiger partial charge in [-0.25, -0.2) is 0 Å². The second-order valence-corrected chi connectivity index (χ2v) is 12.5. The molecule has 0 fully saturated rings. The van der Waals surface area contributed by atoms with Gasteiger partial charge in [0.05, 0.1) is 32.2 Å². The average molecular weight is 706 g/mol. The number of hydrogen-bond donors (Lipinski definition) is 6. The Balaban J connectivity index is 2.59. The van der Waals surface area contributed by atoms with Crippen molar-refractivity contribution in [2.24, 2.45) is 17.8 Å². The van der Waals surface area contributed by atoms with Gasteiger partial charge in [-0.2, -0.15) is 0 Å². The number of carbonyl (C=O) groups is 8. The normalized spacial score (nSPS) is 12.1. The predicted octanol–water partition coefficient (Wildman–Crippen LogP) is 1.07. The maximum Gasteiger partial charge on any atom is 0.308 e. The number of ketones is 1. The molecule has 6 N–H and O–H groups in total. The number of Topliss-reactive ketones (excluding diaryl/α,β-unsaturated/α-hetero) is 1. The van der Waals surface area contributed by atoms with Crippen molar-refractivity contribution in [3.63, 3.8) is 0 Å². The molecule has 0 saturated carbocycles. The Bertz CT molecular complexity index is 1330. The maximum absolute atomic E-state index is 12.8. The van der Waals surface area contributed by atoms with Gasteiger partial charge in [0.2, 0.25) is 29.5 Å². The summed E-state index contributed by atoms with van der Waals surface area (Å²) in [7, 11) is 0. The van der Waals surface area contributed by atoms with Crippen LogP contribution in [0.15, 0.2) is 24.3 Å². The molecule has 278 valence electrons. The third-order valence-electron chi connectivity index (χ3n) is 7.11. The number of benzene rings is 1. The number of carboxylic acid groups (broad SMARTS) is 1. The minimum absolute atomic E-state index is 0.0150. The number of esters is 1. The molecular formula is C34H51N5O11. The van der Waals surface area contributed by atoms with Crippen molar-refractivity contribution >= 4 is 52.9 Å². The van der Waals surface area contributed by atoms with Crippen molar-refractivity contribution in [2.45, 2.75) is 85.9 Å². The lowest BCUT2D eigenvalue weighted by molar-refractivity contribution is -0.148. The number of carboxylic acids is 1. The molecule has 0 heterocycles. The standard InChI is InChI=1S/C34H51N5O11/c1-20(2)26(40)13-15-49-16-14-27(41)38-25(11-12-30(44)45)32(46)35-18-29(43)39-31(21(3)4)33(47)36-17-28(42)37-24-9-7-23(8-10-24)19-50-34(48)22(5)6/h7-10,20-22,25,31H,11-19H2,1-6H3,(H,35,46)(H,36,47)(H,37,42)(H,38,41)(H,39,43)(H,44,45). The van der Waals surface area contributed by atoms with E-state index < -0.39 is 73.0 Å². The van der Waals surface area contributed by atoms with Gasteiger partial charge in [-0.05, 0) is 30.0 Å². The van der Waals surface area contributed by atoms with Crippen LogP contribution in [0.2, 0.25) is 0 Å². The van der Waals surface area contributed by atoms with Crippen molar-refractivity contribution in [2.75, 3.05) is 31.6 Å². The van der Waals surface area contributed by atoms with E-state index >= 15 is 0 Å². The monoisotopic (exact) mass is 705 g/mol. The van der Waals surface area contributed by atoms with Crippen LogP contribution in [-0.4, -0.2) is 90.8 Å². The average Bonchev–Trinajstić information content (AvgIpc) is 3.05. The lowest BCUT2D eigenvalue weighted by Gasteiger charge is -2.22. The molecule has 2 atom stereocenters. The molecule has 0 bridgehead atoms. The van der Waals surface area contributed by atoms with E-state index in [2.05, 4.69) is 26.6 Å². The van der Waals surface area contributed by atoms with Gasteiger partial charge >= 0.3 is 11.9 Å². The number of anilines is 1. The zero-order valence-corrected chi connectivity index (χ0v) is 29.6. The van der Waals surface area contributed by atoms with Crippen LogP contribution in [0.25, 0.3) is 0 Å². The second kappa shape index (κ2) is 22.7. The number of rotatable bonds is 23. The quantitative estimate of drug-likeness (QED) is 0.0696. The van der Waals surface area contributed by atoms with E-state index in [1.807, 2.05) is 0 Å². The zero-order chi connectivity index (χ0) is 37.8. The van der Waals surface area contributed by atoms with Crippen molar-refractivity contribution in [1.29, 1.82) is 0 Å². The summed E-state index contributed by atoms with van der Waals surface area (Å²) < 4.78 is 10.5. The first-order valence-corrected chi connectivity index (χ1v) is 16.5. The minimum atomic E-state index is -1.25. The molecule has 0 aliphatic carbocycles. The highest BCUT2D eigenvalue weighted by molar-refractivity contribution is 5.96. The molecule has 1 aromatic carbocycles. The number of amides is 5. The molecule has 50 heavy (non-hydrogen) atoms. The summed E-state index contributed by atoms with van der Waals surface area (Å²) in [6, 6.07) is 4.30. The van der Waals surface area contributed by atoms with Gasteiger partial charge in [0.15, 0.2) is 0 Å². The van der Waals surface area contributed by atoms with Crippen LogP contribution in [0.3, 0.4) is 0 Å². The number of carbonyl (C=O) groups excluding carboxylic acids is 7. The molecule has 0 aromatic heterocycles. The SMILES string of the molecule is CC(C)C(=O)CCOCCC(=O)NC(CCC(=O)O)C(=O)NCC(=O)NC(C(=O)NCC(=O)Nc1ccc(COC(=O)C(C)C)cc1)C(C)C. The first kappa shape index (κ1) is 43.2. The molecule has 0 spiro atoms. The Labute approximate surface area is 292 Å². The lowest BCUT2D eigenvalue weighted by atomic mass is 10.0. The van der Waals surface area contributed by atoms with Crippen LogP contribution < -0.4 is 26.6 Å². The zero-order valence-electron chi connectivity index (χ0n) is 29.6. The largest absolute Gasteiger partial charge is 0.481 e. The molecule has 0 aliphatic rings. The number of nitrogens with one attached hydrogen (secondary N) is 5. The van der Waals surface area contributed by atoms with Gasteiger partial charge in [-0.1, -0.05) is 53.7 Å². The van der Waals surface area contributed by atoms with Crippen molar-refractivity contribution in [1.82, 2.24) is 21.3 Å². The summed E-state index contributed by atoms with van der Waals surface area (Å²) in [4.78, 5) is 97.5. The van der Waals surface area contributed by atoms with Gasteiger partial charge < -0.3 is 41.2 Å². The van der Waals surface area contributed by atoms with E-state index in [4.69, 9.17) is 14.6 Å². The summed E-state index contributed by atoms with van der Waals surface area (Å²) in [5.41, 5.74) is 1.18. The molecule has 0 aliphatic heterocycles. The Hall–Kier alpha value is -4.86. The first-order valence-electron chi connectivity index (χ1n) is 16.5. The molecule has 0 saturated heterocycles. The second-order valence-electron chi connectivity index (χ2n) is 12.5. The van der Waals surface area contributed by atoms with Gasteiger partial charge in [0.1, 0.15) is 24.5 Å². The molecule has 1 rings (SSSR count). The Morgan fingerprint density at radius 1 is 0.700 bits per heavy atom. The highest BCUT2D eigenvalue weighted by Gasteiger charge is 2.26. The summed E-state index contributed by atoms with van der Waals surface area (Å²) in [5.74, 6) is -5.55. The van der Waals surface area contributed by atoms with Gasteiger partial charge in [0, 0.05) is 30.9 Å². The fourth-order valence-corrected chi connectivity index (χ4v) is 4.07. The van der Waals surface area contributed by atoms with Gasteiger partial charge in [-0.15, -0.1) is 0 Å². The van der Waals surface area contributed by atoms with Crippen LogP contribution >= 0.6 is 0 Å². The van der Waals surface area contributed by atoms with Gasteiger partial charge in [0.25, 0.3) is 0 Å². The van der Waals surface area contributed by atoms with Crippen molar-refractivity contribution < 1.29 is 52.9 Å². The number of hydrogen-bond acceptors (Lipinski definition) is 10. The maximum atomic E-state index is 12.8. The molecule has 16 nitrogen and oxygen atoms in total. The van der Waals surface area contributed by atoms with Crippen LogP contribution in [0.5, 0.6) is 0 Å². The van der Waals surface area contributed by atoms with Crippen LogP contribution in [-0.2, 0) is 54.4 Å². The fraction of sp³-hybridized carbons (Fsp3) is 0.588. The fourth-order valence-electron chi connectivity index (χ4n) is 4.07. The van der Waals surface area contributed by atoms with Crippen LogP contribution in [0.4, 0.5) is 5.69 Å². The van der Waals surface area contributed by atoms with Crippen molar-refractivity contribution in [3.05, 3.63) is 29.8 Å². The third-order valence-corrected chi connectivity index (χ3v) is 7.11. The minimum Gasteiger partial charge on any atom is -0.481 e. The molecule has 0 radical (unpaired) electrons. The summed E-state index contributed by atoms with van der Waals surface area (Å²) in [6.45, 7) is 9.59. The topological polar surface area (TPSA) is 235 Å². The van der Waals surface area contributed by atoms with Gasteiger partial charge in [-0.3, -0.25) is 38.4 Å². The molecule has 2 unspecified atom stereocenters. The Kier molecular flexibility index (Phi) is 19.6. The van der Waals surface area contributed by atoms with E-state index in [0.29, 0.717) is 5.69 Å². The summed E-state index contributed by atoms with van der Waals surface area (Å²) in [5, 5.41) is 21.5. The molecule has 5 amide bonds. The van der Waals surface area contributed by atoms with E-state index in [9.17, 15) is 38.4 Å². The van der Waals surface area contributed by atoms with Crippen LogP contribution in [0, 0.1) is 17.8 Å². The highest BCUT2D eigenvalue weighted by atomic mass is 16.5. The molecular weight excluding hydrogens is 654 g/mol. The van der Waals surface area contributed by atoms with Crippen LogP contribution in [0.1, 0.15) is 72.8 Å². The number of ether oxygens (including phenoxy) is 2. The lowest BCUT2D eigenvalue weighted by Crippen LogP contribution is -2.54. The highest BCUT2D eigenvalue weighted by Crippen LogP contribution is 2.11. The Morgan fingerprint density at radius 2 is 1.30 bits per heavy atom. The van der Waals surface area contributed by atoms with E-state index in [1.54, 1.807) is 65.8 Å². The third kappa shape index (κ3) is 18.1. The predicted molar refractivity (Wildman–Crippen MR) is 181 cm³/mol.